The fourth-order valence-electron chi connectivity index (χ4n) is 9.17. The van der Waals surface area contributed by atoms with E-state index in [9.17, 15) is 19.2 Å². The van der Waals surface area contributed by atoms with E-state index in [4.69, 9.17) is 24.2 Å². The van der Waals surface area contributed by atoms with E-state index in [-0.39, 0.29) is 23.8 Å². The largest absolute Gasteiger partial charge is 0.453 e. The molecule has 0 spiro atoms. The third kappa shape index (κ3) is 9.39. The quantitative estimate of drug-likeness (QED) is 0.0708. The van der Waals surface area contributed by atoms with Gasteiger partial charge in [0.15, 0.2) is 0 Å². The van der Waals surface area contributed by atoms with Crippen LogP contribution in [0.3, 0.4) is 0 Å². The molecule has 5 aromatic carbocycles. The summed E-state index contributed by atoms with van der Waals surface area (Å²) in [6.07, 6.45) is 1.77. The van der Waals surface area contributed by atoms with Crippen LogP contribution in [0.15, 0.2) is 91.0 Å². The Morgan fingerprint density at radius 1 is 0.773 bits per heavy atom. The van der Waals surface area contributed by atoms with Gasteiger partial charge in [-0.25, -0.2) is 19.6 Å². The molecule has 5 atom stereocenters. The highest BCUT2D eigenvalue weighted by Crippen LogP contribution is 2.39. The molecule has 15 heteroatoms. The number of nitrogens with one attached hydrogen (secondary N) is 5. The van der Waals surface area contributed by atoms with E-state index < -0.39 is 35.7 Å². The van der Waals surface area contributed by atoms with Crippen LogP contribution in [0.4, 0.5) is 9.59 Å². The molecular formula is C51H58N8O7. The molecule has 0 saturated carbocycles. The van der Waals surface area contributed by atoms with Crippen LogP contribution in [0.1, 0.15) is 88.7 Å². The number of fused-ring (bicyclic) bond motifs is 6. The molecule has 66 heavy (non-hydrogen) atoms. The zero-order chi connectivity index (χ0) is 46.7. The molecule has 0 aliphatic carbocycles. The fourth-order valence-corrected chi connectivity index (χ4v) is 9.17. The number of H-pyrrole nitrogens is 2. The molecule has 344 valence electrons. The number of carbonyl (C=O) groups is 4. The van der Waals surface area contributed by atoms with Crippen molar-refractivity contribution in [1.29, 1.82) is 0 Å². The first-order valence-corrected chi connectivity index (χ1v) is 22.5. The normalized spacial score (nSPS) is 16.6. The van der Waals surface area contributed by atoms with Gasteiger partial charge in [-0.2, -0.15) is 0 Å². The Bertz CT molecular complexity index is 2900. The molecule has 0 radical (unpaired) electrons. The van der Waals surface area contributed by atoms with Crippen LogP contribution in [-0.4, -0.2) is 89.4 Å². The lowest BCUT2D eigenvalue weighted by Gasteiger charge is -2.31. The molecule has 1 fully saturated rings. The Labute approximate surface area is 383 Å². The van der Waals surface area contributed by atoms with Gasteiger partial charge in [-0.05, 0) is 70.0 Å². The van der Waals surface area contributed by atoms with Crippen molar-refractivity contribution < 1.29 is 33.4 Å². The molecule has 3 heterocycles. The average Bonchev–Trinajstić information content (AvgIpc) is 4.08. The average molecular weight is 895 g/mol. The number of hydrogen-bond acceptors (Lipinski definition) is 9. The zero-order valence-corrected chi connectivity index (χ0v) is 38.5. The highest BCUT2D eigenvalue weighted by Gasteiger charge is 2.41. The van der Waals surface area contributed by atoms with Crippen LogP contribution >= 0.6 is 0 Å². The number of likely N-dealkylation sites (tertiary alicyclic amines) is 1. The minimum atomic E-state index is -0.947. The highest BCUT2D eigenvalue weighted by molar-refractivity contribution is 6.07. The van der Waals surface area contributed by atoms with E-state index >= 15 is 0 Å². The third-order valence-electron chi connectivity index (χ3n) is 12.6. The first kappa shape index (κ1) is 45.6. The van der Waals surface area contributed by atoms with Gasteiger partial charge in [0.2, 0.25) is 5.91 Å². The van der Waals surface area contributed by atoms with Gasteiger partial charge in [-0.15, -0.1) is 0 Å². The second-order valence-corrected chi connectivity index (χ2v) is 18.2. The molecule has 2 aromatic heterocycles. The molecule has 0 bridgehead atoms. The summed E-state index contributed by atoms with van der Waals surface area (Å²) in [5.41, 5.74) is 5.51. The van der Waals surface area contributed by atoms with Gasteiger partial charge in [0.05, 0.1) is 55.0 Å². The second-order valence-electron chi connectivity index (χ2n) is 18.2. The number of benzene rings is 5. The predicted octanol–water partition coefficient (Wildman–Crippen LogP) is 9.16. The number of aromatic amines is 2. The lowest BCUT2D eigenvalue weighted by Crippen LogP contribution is -2.54. The number of imidazole rings is 2. The maximum atomic E-state index is 14.4. The van der Waals surface area contributed by atoms with Gasteiger partial charge in [-0.1, -0.05) is 107 Å². The first-order valence-electron chi connectivity index (χ1n) is 22.5. The van der Waals surface area contributed by atoms with Gasteiger partial charge >= 0.3 is 12.2 Å². The summed E-state index contributed by atoms with van der Waals surface area (Å²) in [4.78, 5) is 71.8. The molecule has 7 aromatic rings. The summed E-state index contributed by atoms with van der Waals surface area (Å²) in [5, 5.41) is 12.6. The number of nitrogens with zero attached hydrogens (tertiary/aromatic N) is 3. The van der Waals surface area contributed by atoms with Crippen molar-refractivity contribution in [3.63, 3.8) is 0 Å². The molecule has 5 N–H and O–H groups in total. The van der Waals surface area contributed by atoms with Crippen LogP contribution in [0.5, 0.6) is 0 Å². The van der Waals surface area contributed by atoms with Crippen molar-refractivity contribution in [2.24, 2.45) is 11.3 Å². The van der Waals surface area contributed by atoms with Crippen molar-refractivity contribution in [2.45, 2.75) is 77.5 Å². The highest BCUT2D eigenvalue weighted by atomic mass is 16.5. The Morgan fingerprint density at radius 3 is 2.00 bits per heavy atom. The predicted molar refractivity (Wildman–Crippen MR) is 255 cm³/mol. The standard InChI is InChI=1S/C51H58N8O7/c1-8-9-15-39(54-47(60)44(51(2,3)4)58-50(63)66-7)45-52-37-22-18-33-25-31(16-20-35(33)42(37)55-45)32-17-21-36-34(26-32)19-23-38-43(36)56-46(53-38)40-24-29(28-64-5)27-59(40)48(61)41(57-49(62)65-6)30-13-11-10-12-14-30/h10-14,16-23,25-26,29,39-41,44H,8-9,15,24,27-28H2,1-7H3,(H,52,55)(H,53,56)(H,54,60)(H,57,62)(H,58,63)/t29-,39-,40-,41+,44+/m0/s1. The van der Waals surface area contributed by atoms with Crippen LogP contribution in [-0.2, 0) is 23.8 Å². The number of unbranched alkanes of at least 4 members (excludes halogenated alkanes) is 1. The summed E-state index contributed by atoms with van der Waals surface area (Å²) in [6, 6.07) is 27.6. The van der Waals surface area contributed by atoms with Gasteiger partial charge in [-0.3, -0.25) is 9.59 Å². The number of alkyl carbamates (subject to hydrolysis) is 2. The van der Waals surface area contributed by atoms with Crippen LogP contribution in [0, 0.1) is 11.3 Å². The maximum absolute atomic E-state index is 14.4. The van der Waals surface area contributed by atoms with Crippen molar-refractivity contribution in [1.82, 2.24) is 40.8 Å². The van der Waals surface area contributed by atoms with E-state index in [1.165, 1.54) is 14.2 Å². The number of ether oxygens (including phenoxy) is 3. The Kier molecular flexibility index (Phi) is 13.3. The second kappa shape index (κ2) is 19.2. The lowest BCUT2D eigenvalue weighted by molar-refractivity contribution is -0.134. The molecule has 1 saturated heterocycles. The van der Waals surface area contributed by atoms with Crippen molar-refractivity contribution in [2.75, 3.05) is 34.5 Å². The molecule has 4 amide bonds. The van der Waals surface area contributed by atoms with Crippen LogP contribution in [0.2, 0.25) is 0 Å². The summed E-state index contributed by atoms with van der Waals surface area (Å²) < 4.78 is 15.3. The van der Waals surface area contributed by atoms with Crippen molar-refractivity contribution in [3.8, 4) is 11.1 Å². The topological polar surface area (TPSA) is 193 Å². The van der Waals surface area contributed by atoms with E-state index in [2.05, 4.69) is 81.4 Å². The van der Waals surface area contributed by atoms with E-state index in [1.807, 2.05) is 63.2 Å². The number of hydrogen-bond donors (Lipinski definition) is 5. The number of methoxy groups -OCH3 is 3. The number of aromatic nitrogens is 4. The molecule has 0 unspecified atom stereocenters. The zero-order valence-electron chi connectivity index (χ0n) is 38.5. The summed E-state index contributed by atoms with van der Waals surface area (Å²) in [7, 11) is 4.22. The van der Waals surface area contributed by atoms with E-state index in [1.54, 1.807) is 12.0 Å². The smallest absolute Gasteiger partial charge is 0.407 e. The molecular weight excluding hydrogens is 837 g/mol. The van der Waals surface area contributed by atoms with Gasteiger partial charge in [0.1, 0.15) is 23.7 Å². The van der Waals surface area contributed by atoms with Crippen molar-refractivity contribution in [3.05, 3.63) is 108 Å². The van der Waals surface area contributed by atoms with Crippen LogP contribution < -0.4 is 16.0 Å². The van der Waals surface area contributed by atoms with Crippen LogP contribution in [0.25, 0.3) is 54.7 Å². The Morgan fingerprint density at radius 2 is 1.39 bits per heavy atom. The number of carbonyl (C=O) groups excluding carboxylic acids is 4. The molecule has 8 rings (SSSR count). The molecule has 1 aliphatic heterocycles. The summed E-state index contributed by atoms with van der Waals surface area (Å²) >= 11 is 0. The van der Waals surface area contributed by atoms with Crippen molar-refractivity contribution >= 4 is 67.6 Å². The number of amides is 4. The first-order chi connectivity index (χ1) is 31.8. The summed E-state index contributed by atoms with van der Waals surface area (Å²) in [5.74, 6) is 0.837. The monoisotopic (exact) mass is 894 g/mol. The molecule has 1 aliphatic rings. The molecule has 15 nitrogen and oxygen atoms in total. The minimum absolute atomic E-state index is 0.0687. The van der Waals surface area contributed by atoms with Gasteiger partial charge in [0, 0.05) is 30.3 Å². The Balaban J connectivity index is 1.07. The van der Waals surface area contributed by atoms with E-state index in [0.29, 0.717) is 43.2 Å². The van der Waals surface area contributed by atoms with E-state index in [0.717, 1.165) is 67.6 Å². The fraction of sp³-hybridized carbons (Fsp3) is 0.373. The van der Waals surface area contributed by atoms with Gasteiger partial charge in [0.25, 0.3) is 5.91 Å². The Hall–Kier alpha value is -7.00. The minimum Gasteiger partial charge on any atom is -0.453 e. The lowest BCUT2D eigenvalue weighted by atomic mass is 9.86. The third-order valence-corrected chi connectivity index (χ3v) is 12.6. The maximum Gasteiger partial charge on any atom is 0.407 e. The van der Waals surface area contributed by atoms with Gasteiger partial charge < -0.3 is 45.0 Å². The summed E-state index contributed by atoms with van der Waals surface area (Å²) in [6.45, 7) is 8.71. The SMILES string of the molecule is CCCC[C@H](NC(=O)[C@@H](NC(=O)OC)C(C)(C)C)c1nc2c(ccc3cc(-c4ccc5c(ccc6[nH]c([C@@H]7C[C@H](COC)CN7C(=O)[C@H](NC(=O)OC)c7ccccc7)nc65)c4)ccc32)[nH]1. The number of rotatable bonds is 14.